The Morgan fingerprint density at radius 3 is 2.50 bits per heavy atom. The van der Waals surface area contributed by atoms with Gasteiger partial charge in [0.2, 0.25) is 0 Å². The molecule has 0 amide bonds. The SMILES string of the molecule is C/C=C/[C@H]1[C@@H](C(=O)OC)C1(C)C. The number of rotatable bonds is 2. The lowest BCUT2D eigenvalue weighted by atomic mass is 10.1. The summed E-state index contributed by atoms with van der Waals surface area (Å²) in [7, 11) is 1.45. The molecular formula is C10H16O2. The topological polar surface area (TPSA) is 26.3 Å². The summed E-state index contributed by atoms with van der Waals surface area (Å²) < 4.78 is 4.71. The molecule has 2 heteroatoms. The van der Waals surface area contributed by atoms with E-state index in [1.54, 1.807) is 0 Å². The van der Waals surface area contributed by atoms with E-state index in [-0.39, 0.29) is 17.3 Å². The number of hydrogen-bond donors (Lipinski definition) is 0. The van der Waals surface area contributed by atoms with Crippen molar-refractivity contribution in [3.05, 3.63) is 12.2 Å². The van der Waals surface area contributed by atoms with E-state index in [0.29, 0.717) is 5.92 Å². The molecule has 0 unspecified atom stereocenters. The van der Waals surface area contributed by atoms with Gasteiger partial charge in [-0.15, -0.1) is 0 Å². The van der Waals surface area contributed by atoms with Crippen molar-refractivity contribution in [3.8, 4) is 0 Å². The summed E-state index contributed by atoms with van der Waals surface area (Å²) in [5, 5.41) is 0. The van der Waals surface area contributed by atoms with Crippen LogP contribution in [0.2, 0.25) is 0 Å². The summed E-state index contributed by atoms with van der Waals surface area (Å²) in [6.07, 6.45) is 4.08. The standard InChI is InChI=1S/C10H16O2/c1-5-6-7-8(9(11)12-4)10(7,2)3/h5-8H,1-4H3/b6-5+/t7-,8-/m0/s1. The van der Waals surface area contributed by atoms with Crippen molar-refractivity contribution in [2.45, 2.75) is 20.8 Å². The third-order valence-electron chi connectivity index (χ3n) is 2.77. The van der Waals surface area contributed by atoms with Crippen molar-refractivity contribution in [1.29, 1.82) is 0 Å². The molecule has 12 heavy (non-hydrogen) atoms. The van der Waals surface area contributed by atoms with Crippen LogP contribution >= 0.6 is 0 Å². The van der Waals surface area contributed by atoms with Gasteiger partial charge in [0.1, 0.15) is 0 Å². The van der Waals surface area contributed by atoms with Crippen molar-refractivity contribution in [2.75, 3.05) is 7.11 Å². The smallest absolute Gasteiger partial charge is 0.309 e. The Balaban J connectivity index is 2.66. The van der Waals surface area contributed by atoms with Crippen LogP contribution in [0.3, 0.4) is 0 Å². The summed E-state index contributed by atoms with van der Waals surface area (Å²) >= 11 is 0. The highest BCUT2D eigenvalue weighted by Gasteiger charge is 2.60. The van der Waals surface area contributed by atoms with Gasteiger partial charge in [-0.2, -0.15) is 0 Å². The first-order chi connectivity index (χ1) is 5.55. The average Bonchev–Trinajstić information content (AvgIpc) is 2.53. The predicted molar refractivity (Wildman–Crippen MR) is 47.6 cm³/mol. The molecule has 0 bridgehead atoms. The molecular weight excluding hydrogens is 152 g/mol. The molecule has 2 atom stereocenters. The molecule has 0 radical (unpaired) electrons. The molecule has 0 aromatic heterocycles. The van der Waals surface area contributed by atoms with E-state index < -0.39 is 0 Å². The quantitative estimate of drug-likeness (QED) is 0.465. The minimum absolute atomic E-state index is 0.0682. The normalized spacial score (nSPS) is 32.0. The predicted octanol–water partition coefficient (Wildman–Crippen LogP) is 2.01. The molecule has 0 aromatic carbocycles. The van der Waals surface area contributed by atoms with Crippen LogP contribution in [-0.4, -0.2) is 13.1 Å². The monoisotopic (exact) mass is 168 g/mol. The van der Waals surface area contributed by atoms with Crippen LogP contribution in [0.15, 0.2) is 12.2 Å². The average molecular weight is 168 g/mol. The van der Waals surface area contributed by atoms with Crippen molar-refractivity contribution >= 4 is 5.97 Å². The number of allylic oxidation sites excluding steroid dienone is 2. The molecule has 0 aromatic rings. The van der Waals surface area contributed by atoms with Gasteiger partial charge < -0.3 is 4.74 Å². The Labute approximate surface area is 73.6 Å². The molecule has 1 rings (SSSR count). The van der Waals surface area contributed by atoms with Crippen LogP contribution in [0, 0.1) is 17.3 Å². The van der Waals surface area contributed by atoms with Crippen molar-refractivity contribution in [1.82, 2.24) is 0 Å². The fourth-order valence-electron chi connectivity index (χ4n) is 1.82. The third kappa shape index (κ3) is 1.26. The van der Waals surface area contributed by atoms with Crippen LogP contribution in [-0.2, 0) is 9.53 Å². The maximum Gasteiger partial charge on any atom is 0.309 e. The zero-order valence-electron chi connectivity index (χ0n) is 8.13. The second-order valence-corrected chi connectivity index (χ2v) is 3.87. The molecule has 1 fully saturated rings. The summed E-state index contributed by atoms with van der Waals surface area (Å²) in [6.45, 7) is 6.17. The second-order valence-electron chi connectivity index (χ2n) is 3.87. The van der Waals surface area contributed by atoms with Crippen molar-refractivity contribution in [3.63, 3.8) is 0 Å². The summed E-state index contributed by atoms with van der Waals surface area (Å²) in [4.78, 5) is 11.2. The van der Waals surface area contributed by atoms with E-state index >= 15 is 0 Å². The minimum atomic E-state index is -0.0805. The van der Waals surface area contributed by atoms with Crippen LogP contribution in [0.5, 0.6) is 0 Å². The summed E-state index contributed by atoms with van der Waals surface area (Å²) in [6, 6.07) is 0. The molecule has 0 saturated heterocycles. The lowest BCUT2D eigenvalue weighted by molar-refractivity contribution is -0.143. The first-order valence-electron chi connectivity index (χ1n) is 4.26. The Bertz CT molecular complexity index is 216. The Morgan fingerprint density at radius 1 is 1.50 bits per heavy atom. The Hall–Kier alpha value is -0.790. The lowest BCUT2D eigenvalue weighted by Gasteiger charge is -1.98. The summed E-state index contributed by atoms with van der Waals surface area (Å²) in [5.74, 6) is 0.358. The van der Waals surface area contributed by atoms with Gasteiger partial charge in [-0.1, -0.05) is 26.0 Å². The maximum atomic E-state index is 11.2. The maximum absolute atomic E-state index is 11.2. The van der Waals surface area contributed by atoms with Gasteiger partial charge >= 0.3 is 5.97 Å². The Kier molecular flexibility index (Phi) is 2.27. The first-order valence-corrected chi connectivity index (χ1v) is 4.26. The molecule has 68 valence electrons. The van der Waals surface area contributed by atoms with Gasteiger partial charge in [0.15, 0.2) is 0 Å². The third-order valence-corrected chi connectivity index (χ3v) is 2.77. The molecule has 0 aliphatic heterocycles. The van der Waals surface area contributed by atoms with Gasteiger partial charge in [0.05, 0.1) is 13.0 Å². The van der Waals surface area contributed by atoms with Crippen molar-refractivity contribution in [2.24, 2.45) is 17.3 Å². The number of methoxy groups -OCH3 is 1. The van der Waals surface area contributed by atoms with E-state index in [2.05, 4.69) is 19.9 Å². The highest BCUT2D eigenvalue weighted by atomic mass is 16.5. The fraction of sp³-hybridized carbons (Fsp3) is 0.700. The number of carbonyl (C=O) groups is 1. The molecule has 1 saturated carbocycles. The highest BCUT2D eigenvalue weighted by Crippen LogP contribution is 2.59. The van der Waals surface area contributed by atoms with Gasteiger partial charge in [-0.05, 0) is 18.3 Å². The Morgan fingerprint density at radius 2 is 2.08 bits per heavy atom. The van der Waals surface area contributed by atoms with Gasteiger partial charge in [-0.25, -0.2) is 0 Å². The number of carbonyl (C=O) groups excluding carboxylic acids is 1. The van der Waals surface area contributed by atoms with E-state index in [0.717, 1.165) is 0 Å². The largest absolute Gasteiger partial charge is 0.469 e. The van der Waals surface area contributed by atoms with Crippen molar-refractivity contribution < 1.29 is 9.53 Å². The fourth-order valence-corrected chi connectivity index (χ4v) is 1.82. The minimum Gasteiger partial charge on any atom is -0.469 e. The van der Waals surface area contributed by atoms with Crippen LogP contribution < -0.4 is 0 Å². The van der Waals surface area contributed by atoms with Gasteiger partial charge in [0.25, 0.3) is 0 Å². The number of ether oxygens (including phenoxy) is 1. The summed E-state index contributed by atoms with van der Waals surface area (Å²) in [5.41, 5.74) is 0.0968. The molecule has 0 spiro atoms. The number of hydrogen-bond acceptors (Lipinski definition) is 2. The van der Waals surface area contributed by atoms with Gasteiger partial charge in [0, 0.05) is 0 Å². The molecule has 0 N–H and O–H groups in total. The second kappa shape index (κ2) is 2.92. The lowest BCUT2D eigenvalue weighted by Crippen LogP contribution is -2.07. The number of esters is 1. The zero-order valence-corrected chi connectivity index (χ0v) is 8.13. The van der Waals surface area contributed by atoms with Gasteiger partial charge in [-0.3, -0.25) is 4.79 Å². The van der Waals surface area contributed by atoms with Crippen LogP contribution in [0.1, 0.15) is 20.8 Å². The molecule has 1 aliphatic rings. The molecule has 0 heterocycles. The van der Waals surface area contributed by atoms with E-state index in [1.807, 2.05) is 13.0 Å². The molecule has 2 nitrogen and oxygen atoms in total. The van der Waals surface area contributed by atoms with E-state index in [4.69, 9.17) is 4.74 Å². The first kappa shape index (κ1) is 9.30. The van der Waals surface area contributed by atoms with E-state index in [9.17, 15) is 4.79 Å². The highest BCUT2D eigenvalue weighted by molar-refractivity contribution is 5.78. The molecule has 1 aliphatic carbocycles. The van der Waals surface area contributed by atoms with Crippen LogP contribution in [0.25, 0.3) is 0 Å². The zero-order chi connectivity index (χ0) is 9.35. The van der Waals surface area contributed by atoms with Crippen LogP contribution in [0.4, 0.5) is 0 Å². The van der Waals surface area contributed by atoms with E-state index in [1.165, 1.54) is 7.11 Å².